The van der Waals surface area contributed by atoms with Gasteiger partial charge in [0.05, 0.1) is 0 Å². The zero-order chi connectivity index (χ0) is 14.8. The van der Waals surface area contributed by atoms with E-state index in [0.29, 0.717) is 18.1 Å². The van der Waals surface area contributed by atoms with Gasteiger partial charge < -0.3 is 5.43 Å². The van der Waals surface area contributed by atoms with Crippen LogP contribution in [0.1, 0.15) is 26.7 Å². The predicted molar refractivity (Wildman–Crippen MR) is 80.2 cm³/mol. The highest BCUT2D eigenvalue weighted by Crippen LogP contribution is 2.27. The van der Waals surface area contributed by atoms with E-state index in [0.717, 1.165) is 12.8 Å². The molecule has 3 N–H and O–H groups in total. The number of aromatic nitrogens is 2. The molecule has 0 aliphatic rings. The molecule has 2 aromatic rings. The lowest BCUT2D eigenvalue weighted by Crippen LogP contribution is -2.33. The summed E-state index contributed by atoms with van der Waals surface area (Å²) >= 11 is 1.36. The maximum atomic E-state index is 12.8. The molecule has 2 rings (SSSR count). The third-order valence-electron chi connectivity index (χ3n) is 3.05. The number of hydrogen-bond acceptors (Lipinski definition) is 6. The molecule has 0 saturated heterocycles. The molecule has 9 heteroatoms. The second kappa shape index (κ2) is 6.08. The standard InChI is InChI=1S/C11H19N5O2S2/c1-3-5-6-15(4-2)20(17,18)10-9(14-12)13-11-16(10)7-8-19-11/h7-8,14H,3-6,12H2,1-2H3. The van der Waals surface area contributed by atoms with Crippen LogP contribution < -0.4 is 11.3 Å². The summed E-state index contributed by atoms with van der Waals surface area (Å²) in [5.74, 6) is 5.59. The molecule has 0 bridgehead atoms. The number of imidazole rings is 1. The number of nitrogens with two attached hydrogens (primary N) is 1. The number of thiazole rings is 1. The van der Waals surface area contributed by atoms with Crippen molar-refractivity contribution in [1.82, 2.24) is 13.7 Å². The quantitative estimate of drug-likeness (QED) is 0.596. The third kappa shape index (κ3) is 2.53. The Hall–Kier alpha value is -1.16. The molecule has 0 fully saturated rings. The zero-order valence-corrected chi connectivity index (χ0v) is 13.2. The minimum atomic E-state index is -3.62. The smallest absolute Gasteiger partial charge is 0.262 e. The Labute approximate surface area is 122 Å². The first-order chi connectivity index (χ1) is 9.56. The fourth-order valence-electron chi connectivity index (χ4n) is 2.01. The number of sulfonamides is 1. The lowest BCUT2D eigenvalue weighted by atomic mass is 10.3. The topological polar surface area (TPSA) is 92.7 Å². The average molecular weight is 317 g/mol. The molecule has 0 atom stereocenters. The van der Waals surface area contributed by atoms with E-state index < -0.39 is 10.0 Å². The van der Waals surface area contributed by atoms with Gasteiger partial charge in [-0.15, -0.1) is 11.3 Å². The first-order valence-corrected chi connectivity index (χ1v) is 8.80. The highest BCUT2D eigenvalue weighted by molar-refractivity contribution is 7.89. The second-order valence-electron chi connectivity index (χ2n) is 4.32. The molecular formula is C11H19N5O2S2. The van der Waals surface area contributed by atoms with Gasteiger partial charge in [0.2, 0.25) is 5.03 Å². The number of rotatable bonds is 7. The van der Waals surface area contributed by atoms with Gasteiger partial charge in [-0.3, -0.25) is 4.40 Å². The Bertz CT molecular complexity index is 676. The van der Waals surface area contributed by atoms with Crippen molar-refractivity contribution in [2.75, 3.05) is 18.5 Å². The first kappa shape index (κ1) is 15.2. The van der Waals surface area contributed by atoms with Crippen LogP contribution in [0.5, 0.6) is 0 Å². The molecule has 2 aromatic heterocycles. The summed E-state index contributed by atoms with van der Waals surface area (Å²) in [6.07, 6.45) is 3.45. The molecule has 20 heavy (non-hydrogen) atoms. The minimum absolute atomic E-state index is 0.106. The Balaban J connectivity index is 2.51. The van der Waals surface area contributed by atoms with E-state index in [1.54, 1.807) is 16.0 Å². The molecule has 2 heterocycles. The molecule has 7 nitrogen and oxygen atoms in total. The van der Waals surface area contributed by atoms with Gasteiger partial charge in [0.1, 0.15) is 0 Å². The number of nitrogens with zero attached hydrogens (tertiary/aromatic N) is 3. The van der Waals surface area contributed by atoms with Crippen molar-refractivity contribution >= 4 is 32.1 Å². The summed E-state index contributed by atoms with van der Waals surface area (Å²) in [6, 6.07) is 0. The van der Waals surface area contributed by atoms with Crippen molar-refractivity contribution in [2.24, 2.45) is 5.84 Å². The van der Waals surface area contributed by atoms with E-state index in [1.165, 1.54) is 15.6 Å². The van der Waals surface area contributed by atoms with E-state index >= 15 is 0 Å². The Morgan fingerprint density at radius 2 is 2.25 bits per heavy atom. The van der Waals surface area contributed by atoms with E-state index in [9.17, 15) is 8.42 Å². The molecule has 0 aliphatic heterocycles. The average Bonchev–Trinajstić information content (AvgIpc) is 2.98. The van der Waals surface area contributed by atoms with Crippen LogP contribution in [0.2, 0.25) is 0 Å². The predicted octanol–water partition coefficient (Wildman–Crippen LogP) is 1.49. The largest absolute Gasteiger partial charge is 0.306 e. The Morgan fingerprint density at radius 1 is 1.50 bits per heavy atom. The van der Waals surface area contributed by atoms with Crippen LogP contribution in [0.3, 0.4) is 0 Å². The fraction of sp³-hybridized carbons (Fsp3) is 0.545. The number of unbranched alkanes of at least 4 members (excludes halogenated alkanes) is 1. The summed E-state index contributed by atoms with van der Waals surface area (Å²) in [6.45, 7) is 4.78. The lowest BCUT2D eigenvalue weighted by molar-refractivity contribution is 0.416. The molecule has 0 aliphatic carbocycles. The van der Waals surface area contributed by atoms with Crippen molar-refractivity contribution in [3.05, 3.63) is 11.6 Å². The van der Waals surface area contributed by atoms with Crippen LogP contribution in [0.4, 0.5) is 5.82 Å². The number of fused-ring (bicyclic) bond motifs is 1. The normalized spacial score (nSPS) is 12.4. The van der Waals surface area contributed by atoms with Gasteiger partial charge in [0, 0.05) is 24.7 Å². The van der Waals surface area contributed by atoms with Crippen LogP contribution in [-0.4, -0.2) is 35.2 Å². The highest BCUT2D eigenvalue weighted by atomic mass is 32.2. The number of nitrogens with one attached hydrogen (secondary N) is 1. The molecule has 0 radical (unpaired) electrons. The van der Waals surface area contributed by atoms with Crippen molar-refractivity contribution in [1.29, 1.82) is 0 Å². The maximum Gasteiger partial charge on any atom is 0.262 e. The zero-order valence-electron chi connectivity index (χ0n) is 11.5. The van der Waals surface area contributed by atoms with Gasteiger partial charge in [-0.2, -0.15) is 9.29 Å². The van der Waals surface area contributed by atoms with Gasteiger partial charge in [-0.1, -0.05) is 20.3 Å². The monoisotopic (exact) mass is 317 g/mol. The lowest BCUT2D eigenvalue weighted by Gasteiger charge is -2.20. The van der Waals surface area contributed by atoms with Crippen LogP contribution in [0, 0.1) is 0 Å². The molecule has 112 valence electrons. The fourth-order valence-corrected chi connectivity index (χ4v) is 4.48. The molecule has 0 amide bonds. The third-order valence-corrected chi connectivity index (χ3v) is 5.81. The summed E-state index contributed by atoms with van der Waals surface area (Å²) in [4.78, 5) is 4.79. The number of anilines is 1. The van der Waals surface area contributed by atoms with Gasteiger partial charge in [-0.05, 0) is 6.42 Å². The van der Waals surface area contributed by atoms with Gasteiger partial charge in [-0.25, -0.2) is 14.3 Å². The second-order valence-corrected chi connectivity index (χ2v) is 7.04. The van der Waals surface area contributed by atoms with E-state index in [2.05, 4.69) is 10.4 Å². The van der Waals surface area contributed by atoms with Crippen LogP contribution in [-0.2, 0) is 10.0 Å². The summed E-state index contributed by atoms with van der Waals surface area (Å²) in [5.41, 5.74) is 2.38. The molecule has 0 aromatic carbocycles. The number of hydrogen-bond donors (Lipinski definition) is 2. The number of nitrogen functional groups attached to an aromatic ring is 1. The highest BCUT2D eigenvalue weighted by Gasteiger charge is 2.30. The van der Waals surface area contributed by atoms with E-state index in [1.807, 2.05) is 13.8 Å². The molecule has 0 spiro atoms. The van der Waals surface area contributed by atoms with Crippen LogP contribution in [0.25, 0.3) is 4.96 Å². The van der Waals surface area contributed by atoms with Gasteiger partial charge in [0.15, 0.2) is 10.8 Å². The maximum absolute atomic E-state index is 12.8. The molecular weight excluding hydrogens is 298 g/mol. The molecule has 0 unspecified atom stereocenters. The van der Waals surface area contributed by atoms with E-state index in [-0.39, 0.29) is 10.8 Å². The van der Waals surface area contributed by atoms with Gasteiger partial charge in [0.25, 0.3) is 10.0 Å². The van der Waals surface area contributed by atoms with Crippen molar-refractivity contribution in [3.63, 3.8) is 0 Å². The SMILES string of the molecule is CCCCN(CC)S(=O)(=O)c1c(NN)nc2sccn12. The summed E-state index contributed by atoms with van der Waals surface area (Å²) in [7, 11) is -3.62. The van der Waals surface area contributed by atoms with Crippen molar-refractivity contribution in [3.8, 4) is 0 Å². The van der Waals surface area contributed by atoms with Crippen LogP contribution >= 0.6 is 11.3 Å². The summed E-state index contributed by atoms with van der Waals surface area (Å²) < 4.78 is 28.6. The summed E-state index contributed by atoms with van der Waals surface area (Å²) in [5, 5.41) is 1.90. The molecule has 0 saturated carbocycles. The van der Waals surface area contributed by atoms with Crippen molar-refractivity contribution < 1.29 is 8.42 Å². The minimum Gasteiger partial charge on any atom is -0.306 e. The van der Waals surface area contributed by atoms with E-state index in [4.69, 9.17) is 5.84 Å². The van der Waals surface area contributed by atoms with Crippen LogP contribution in [0.15, 0.2) is 16.6 Å². The number of hydrazine groups is 1. The van der Waals surface area contributed by atoms with Crippen molar-refractivity contribution in [2.45, 2.75) is 31.7 Å². The van der Waals surface area contributed by atoms with Gasteiger partial charge >= 0.3 is 0 Å². The Morgan fingerprint density at radius 3 is 2.85 bits per heavy atom. The first-order valence-electron chi connectivity index (χ1n) is 6.48. The Kier molecular flexibility index (Phi) is 4.63.